The Morgan fingerprint density at radius 3 is 1.42 bits per heavy atom. The predicted molar refractivity (Wildman–Crippen MR) is 207 cm³/mol. The Kier molecular flexibility index (Phi) is 12.1. The first kappa shape index (κ1) is 44.5. The lowest BCUT2D eigenvalue weighted by Gasteiger charge is -2.28. The van der Waals surface area contributed by atoms with E-state index >= 15 is 8.78 Å². The van der Waals surface area contributed by atoms with Crippen LogP contribution in [0.3, 0.4) is 0 Å². The summed E-state index contributed by atoms with van der Waals surface area (Å²) < 4.78 is 108. The Bertz CT molecular complexity index is 2370. The maximum absolute atomic E-state index is 16.4. The second-order valence-corrected chi connectivity index (χ2v) is 21.7. The van der Waals surface area contributed by atoms with Crippen molar-refractivity contribution in [2.24, 2.45) is 10.8 Å². The lowest BCUT2D eigenvalue weighted by atomic mass is 9.97. The van der Waals surface area contributed by atoms with Crippen LogP contribution in [0.2, 0.25) is 0 Å². The molecule has 0 radical (unpaired) electrons. The van der Waals surface area contributed by atoms with Crippen molar-refractivity contribution >= 4 is 72.4 Å². The van der Waals surface area contributed by atoms with Gasteiger partial charge in [-0.3, -0.25) is 55.5 Å². The number of ether oxygens (including phenoxy) is 4. The summed E-state index contributed by atoms with van der Waals surface area (Å²) in [5, 5.41) is 0. The molecule has 0 bridgehead atoms. The van der Waals surface area contributed by atoms with Crippen molar-refractivity contribution in [2.75, 3.05) is 13.2 Å². The number of thiol groups is 2. The fraction of sp³-hybridized carbons (Fsp3) is 0.625. The first-order chi connectivity index (χ1) is 28.0. The number of halogens is 2. The van der Waals surface area contributed by atoms with Gasteiger partial charge in [-0.15, -0.1) is 0 Å². The highest BCUT2D eigenvalue weighted by Gasteiger charge is 2.54. The van der Waals surface area contributed by atoms with Crippen LogP contribution in [0.25, 0.3) is 22.3 Å². The van der Waals surface area contributed by atoms with E-state index in [1.54, 1.807) is 41.5 Å². The Morgan fingerprint density at radius 2 is 1.07 bits per heavy atom. The van der Waals surface area contributed by atoms with Crippen LogP contribution in [-0.2, 0) is 69.2 Å². The minimum atomic E-state index is -4.57. The zero-order chi connectivity index (χ0) is 43.7. The topological polar surface area (TPSA) is 248 Å². The van der Waals surface area contributed by atoms with Gasteiger partial charge in [-0.05, 0) is 41.5 Å². The van der Waals surface area contributed by atoms with Gasteiger partial charge in [0.1, 0.15) is 37.1 Å². The standard InChI is InChI=1S/C32H40F2N8O14P2S2/c1-31(2,3)29(45)49-13-39-9-37-23-19(25(39)43)35-11-41(23)27-17(33)21-15(53-27)7-51-58(48,60)56-22-16(8-52-57(47,59)55-21)54-28(18(22)34)42-12-36-20-24(42)38-10-40(26(20)44)14-50-30(46)32(4,5)6/h9-12,15-18,21-22,27-28H,7-8,13-14H2,1-6H3,(H,47,59)(H,48,60)/t15-,16-,17-,18-,21-,22-,27-,28-,57?,58?/m1/s1. The first-order valence-electron chi connectivity index (χ1n) is 18.0. The van der Waals surface area contributed by atoms with Gasteiger partial charge < -0.3 is 18.9 Å². The van der Waals surface area contributed by atoms with Crippen molar-refractivity contribution in [3.63, 3.8) is 0 Å². The number of fused-ring (bicyclic) bond motifs is 4. The SMILES string of the molecule is CC(C)(C)C(=O)OCn1cnc2c(ncn2[C@@H]2O[C@@H]3COP(=O)(S)O[C@H]4[C@@H](F)[C@H](n5cnc6c(=O)n(COC(=O)C(C)(C)C)cnc65)O[C@@H]4COP(=O)(S)O[C@H]3[C@H]2F)c1=O. The molecule has 0 aromatic carbocycles. The Balaban J connectivity index is 1.09. The molecule has 3 aliphatic heterocycles. The minimum absolute atomic E-state index is 0.139. The molecule has 0 amide bonds. The average molecular weight is 925 g/mol. The smallest absolute Gasteiger partial charge is 0.386 e. The van der Waals surface area contributed by atoms with E-state index in [0.29, 0.717) is 0 Å². The summed E-state index contributed by atoms with van der Waals surface area (Å²) >= 11 is 8.02. The first-order valence-corrected chi connectivity index (χ1v) is 23.4. The average Bonchev–Trinajstić information content (AvgIpc) is 3.92. The molecule has 22 nitrogen and oxygen atoms in total. The summed E-state index contributed by atoms with van der Waals surface area (Å²) in [6.45, 7) is -1.83. The van der Waals surface area contributed by atoms with Crippen molar-refractivity contribution < 1.29 is 64.5 Å². The van der Waals surface area contributed by atoms with Crippen LogP contribution in [0.4, 0.5) is 8.78 Å². The van der Waals surface area contributed by atoms with Gasteiger partial charge in [-0.2, -0.15) is 0 Å². The maximum Gasteiger partial charge on any atom is 0.386 e. The number of aromatic nitrogens is 8. The third-order valence-electron chi connectivity index (χ3n) is 9.39. The highest BCUT2D eigenvalue weighted by atomic mass is 32.7. The molecule has 4 aromatic heterocycles. The van der Waals surface area contributed by atoms with Crippen LogP contribution in [0.15, 0.2) is 34.9 Å². The third kappa shape index (κ3) is 8.86. The lowest BCUT2D eigenvalue weighted by molar-refractivity contribution is -0.157. The van der Waals surface area contributed by atoms with Gasteiger partial charge >= 0.3 is 25.5 Å². The van der Waals surface area contributed by atoms with E-state index in [9.17, 15) is 28.3 Å². The molecule has 7 heterocycles. The number of imidazole rings is 2. The quantitative estimate of drug-likeness (QED) is 0.159. The van der Waals surface area contributed by atoms with E-state index in [-0.39, 0.29) is 22.3 Å². The summed E-state index contributed by atoms with van der Waals surface area (Å²) in [6, 6.07) is 0. The molecule has 2 unspecified atom stereocenters. The molecule has 0 spiro atoms. The number of rotatable bonds is 6. The largest absolute Gasteiger partial charge is 0.443 e. The van der Waals surface area contributed by atoms with Gasteiger partial charge in [0.05, 0.1) is 36.7 Å². The molecule has 60 heavy (non-hydrogen) atoms. The van der Waals surface area contributed by atoms with Crippen LogP contribution < -0.4 is 11.1 Å². The number of nitrogens with zero attached hydrogens (tertiary/aromatic N) is 8. The summed E-state index contributed by atoms with van der Waals surface area (Å²) in [4.78, 5) is 67.3. The van der Waals surface area contributed by atoms with Crippen molar-refractivity contribution in [3.8, 4) is 0 Å². The zero-order valence-electron chi connectivity index (χ0n) is 32.6. The molecule has 3 aliphatic rings. The van der Waals surface area contributed by atoms with Crippen LogP contribution in [0.1, 0.15) is 54.0 Å². The second kappa shape index (κ2) is 16.3. The normalized spacial score (nSPS) is 31.6. The number of hydrogen-bond donors (Lipinski definition) is 2. The molecule has 3 fully saturated rings. The van der Waals surface area contributed by atoms with Gasteiger partial charge in [0.2, 0.25) is 0 Å². The van der Waals surface area contributed by atoms with E-state index in [2.05, 4.69) is 44.4 Å². The zero-order valence-corrected chi connectivity index (χ0v) is 36.2. The number of carbonyl (C=O) groups is 2. The van der Waals surface area contributed by atoms with Crippen molar-refractivity contribution in [3.05, 3.63) is 46.0 Å². The van der Waals surface area contributed by atoms with E-state index in [1.807, 2.05) is 0 Å². The molecule has 0 N–H and O–H groups in total. The molecule has 3 saturated heterocycles. The number of alkyl halides is 2. The Labute approximate surface area is 348 Å². The number of esters is 2. The fourth-order valence-corrected chi connectivity index (χ4v) is 9.16. The van der Waals surface area contributed by atoms with E-state index < -0.39 is 123 Å². The van der Waals surface area contributed by atoms with Gasteiger partial charge in [0.25, 0.3) is 11.1 Å². The third-order valence-corrected chi connectivity index (χ3v) is 12.6. The minimum Gasteiger partial charge on any atom is -0.443 e. The Morgan fingerprint density at radius 1 is 0.700 bits per heavy atom. The summed E-state index contributed by atoms with van der Waals surface area (Å²) in [5.41, 5.74) is -3.87. The number of hydrogen-bond acceptors (Lipinski definition) is 18. The lowest BCUT2D eigenvalue weighted by Crippen LogP contribution is -2.36. The predicted octanol–water partition coefficient (Wildman–Crippen LogP) is 3.66. The molecular weight excluding hydrogens is 884 g/mol. The van der Waals surface area contributed by atoms with E-state index in [4.69, 9.17) is 37.0 Å². The summed E-state index contributed by atoms with van der Waals surface area (Å²) in [6.07, 6.45) is -10.0. The molecule has 10 atom stereocenters. The molecule has 28 heteroatoms. The monoisotopic (exact) mass is 924 g/mol. The van der Waals surface area contributed by atoms with Crippen LogP contribution in [0, 0.1) is 10.8 Å². The van der Waals surface area contributed by atoms with Gasteiger partial charge in [0, 0.05) is 0 Å². The molecule has 0 aliphatic carbocycles. The highest BCUT2D eigenvalue weighted by Crippen LogP contribution is 2.60. The molecular formula is C32H40F2N8O14P2S2. The van der Waals surface area contributed by atoms with Gasteiger partial charge in [-0.1, -0.05) is 24.5 Å². The highest BCUT2D eigenvalue weighted by molar-refractivity contribution is 8.44. The summed E-state index contributed by atoms with van der Waals surface area (Å²) in [5.74, 6) is -1.15. The van der Waals surface area contributed by atoms with Crippen molar-refractivity contribution in [1.82, 2.24) is 38.2 Å². The molecule has 0 saturated carbocycles. The van der Waals surface area contributed by atoms with Gasteiger partial charge in [-0.25, -0.2) is 37.8 Å². The van der Waals surface area contributed by atoms with E-state index in [0.717, 1.165) is 43.6 Å². The maximum atomic E-state index is 16.4. The molecule has 4 aromatic rings. The molecule has 7 rings (SSSR count). The van der Waals surface area contributed by atoms with E-state index in [1.165, 1.54) is 0 Å². The number of carbonyl (C=O) groups excluding carboxylic acids is 2. The fourth-order valence-electron chi connectivity index (χ4n) is 6.20. The van der Waals surface area contributed by atoms with Crippen molar-refractivity contribution in [1.29, 1.82) is 0 Å². The van der Waals surface area contributed by atoms with Crippen LogP contribution in [-0.4, -0.2) is 100 Å². The van der Waals surface area contributed by atoms with Crippen LogP contribution in [0.5, 0.6) is 0 Å². The van der Waals surface area contributed by atoms with Gasteiger partial charge in [0.15, 0.2) is 60.6 Å². The molecule has 328 valence electrons. The Hall–Kier alpha value is -3.58. The second-order valence-electron chi connectivity index (χ2n) is 16.0. The summed E-state index contributed by atoms with van der Waals surface area (Å²) in [7, 11) is 0. The van der Waals surface area contributed by atoms with Crippen LogP contribution >= 0.6 is 38.1 Å². The van der Waals surface area contributed by atoms with Crippen molar-refractivity contribution in [2.45, 2.75) is 104 Å².